The van der Waals surface area contributed by atoms with Gasteiger partial charge in [-0.25, -0.2) is 0 Å². The summed E-state index contributed by atoms with van der Waals surface area (Å²) in [6.45, 7) is 2.22. The molecule has 18 heavy (non-hydrogen) atoms. The van der Waals surface area contributed by atoms with Crippen LogP contribution in [0, 0.1) is 0 Å². The largest absolute Gasteiger partial charge is 0.261 e. The van der Waals surface area contributed by atoms with Crippen molar-refractivity contribution in [3.05, 3.63) is 65.5 Å². The Morgan fingerprint density at radius 2 is 1.67 bits per heavy atom. The third-order valence-electron chi connectivity index (χ3n) is 3.22. The van der Waals surface area contributed by atoms with Gasteiger partial charge >= 0.3 is 0 Å². The molecule has 0 bridgehead atoms. The second-order valence-corrected chi connectivity index (χ2v) is 4.75. The quantitative estimate of drug-likeness (QED) is 0.736. The van der Waals surface area contributed by atoms with Crippen molar-refractivity contribution in [2.45, 2.75) is 39.0 Å². The molecular formula is C17H21N. The van der Waals surface area contributed by atoms with Crippen molar-refractivity contribution in [1.82, 2.24) is 4.98 Å². The number of aromatic nitrogens is 1. The Bertz CT molecular complexity index is 445. The molecule has 1 aromatic heterocycles. The highest BCUT2D eigenvalue weighted by atomic mass is 14.7. The summed E-state index contributed by atoms with van der Waals surface area (Å²) in [7, 11) is 0. The van der Waals surface area contributed by atoms with Gasteiger partial charge in [-0.05, 0) is 42.9 Å². The molecule has 0 N–H and O–H groups in total. The fourth-order valence-corrected chi connectivity index (χ4v) is 2.05. The topological polar surface area (TPSA) is 12.9 Å². The highest BCUT2D eigenvalue weighted by Crippen LogP contribution is 2.08. The van der Waals surface area contributed by atoms with Gasteiger partial charge in [0.1, 0.15) is 0 Å². The Labute approximate surface area is 110 Å². The molecule has 1 heterocycles. The Morgan fingerprint density at radius 1 is 0.833 bits per heavy atom. The number of rotatable bonds is 6. The molecule has 2 rings (SSSR count). The second-order valence-electron chi connectivity index (χ2n) is 4.75. The van der Waals surface area contributed by atoms with Gasteiger partial charge in [0, 0.05) is 11.9 Å². The molecule has 0 aliphatic carbocycles. The third kappa shape index (κ3) is 3.99. The maximum atomic E-state index is 4.55. The maximum absolute atomic E-state index is 4.55. The van der Waals surface area contributed by atoms with E-state index in [1.165, 1.54) is 29.7 Å². The van der Waals surface area contributed by atoms with E-state index >= 15 is 0 Å². The van der Waals surface area contributed by atoms with Crippen LogP contribution in [0.25, 0.3) is 0 Å². The van der Waals surface area contributed by atoms with E-state index in [1.807, 2.05) is 6.20 Å². The van der Waals surface area contributed by atoms with Crippen LogP contribution in [-0.2, 0) is 19.3 Å². The van der Waals surface area contributed by atoms with Crippen molar-refractivity contribution in [2.75, 3.05) is 0 Å². The maximum Gasteiger partial charge on any atom is 0.0407 e. The van der Waals surface area contributed by atoms with Crippen LogP contribution in [0.4, 0.5) is 0 Å². The van der Waals surface area contributed by atoms with Gasteiger partial charge in [-0.15, -0.1) is 0 Å². The number of hydrogen-bond acceptors (Lipinski definition) is 1. The zero-order chi connectivity index (χ0) is 12.6. The second kappa shape index (κ2) is 6.95. The lowest BCUT2D eigenvalue weighted by Gasteiger charge is -2.03. The number of nitrogens with zero attached hydrogens (tertiary/aromatic N) is 1. The molecule has 0 radical (unpaired) electrons. The third-order valence-corrected chi connectivity index (χ3v) is 3.22. The van der Waals surface area contributed by atoms with E-state index < -0.39 is 0 Å². The van der Waals surface area contributed by atoms with Gasteiger partial charge < -0.3 is 0 Å². The molecule has 0 fully saturated rings. The van der Waals surface area contributed by atoms with E-state index in [2.05, 4.69) is 54.4 Å². The molecule has 1 heteroatoms. The van der Waals surface area contributed by atoms with Gasteiger partial charge in [-0.1, -0.05) is 49.7 Å². The SMILES string of the molecule is CCCCc1ccc(CCc2ccccc2)nc1. The van der Waals surface area contributed by atoms with E-state index in [0.717, 1.165) is 19.3 Å². The molecule has 94 valence electrons. The number of pyridine rings is 1. The summed E-state index contributed by atoms with van der Waals surface area (Å²) in [5, 5.41) is 0. The molecule has 1 aromatic carbocycles. The Kier molecular flexibility index (Phi) is 4.95. The van der Waals surface area contributed by atoms with Gasteiger partial charge in [-0.2, -0.15) is 0 Å². The summed E-state index contributed by atoms with van der Waals surface area (Å²) < 4.78 is 0. The van der Waals surface area contributed by atoms with E-state index in [-0.39, 0.29) is 0 Å². The van der Waals surface area contributed by atoms with Gasteiger partial charge in [0.2, 0.25) is 0 Å². The van der Waals surface area contributed by atoms with Crippen molar-refractivity contribution < 1.29 is 0 Å². The van der Waals surface area contributed by atoms with Crippen molar-refractivity contribution in [2.24, 2.45) is 0 Å². The molecule has 0 saturated heterocycles. The first-order valence-electron chi connectivity index (χ1n) is 6.86. The molecule has 0 unspecified atom stereocenters. The Hall–Kier alpha value is -1.63. The van der Waals surface area contributed by atoms with Crippen molar-refractivity contribution in [1.29, 1.82) is 0 Å². The van der Waals surface area contributed by atoms with E-state index in [1.54, 1.807) is 0 Å². The first-order chi connectivity index (χ1) is 8.88. The van der Waals surface area contributed by atoms with Crippen LogP contribution in [0.1, 0.15) is 36.6 Å². The van der Waals surface area contributed by atoms with Gasteiger partial charge in [-0.3, -0.25) is 4.98 Å². The highest BCUT2D eigenvalue weighted by Gasteiger charge is 1.98. The lowest BCUT2D eigenvalue weighted by molar-refractivity contribution is 0.789. The Balaban J connectivity index is 1.86. The lowest BCUT2D eigenvalue weighted by Crippen LogP contribution is -1.95. The molecule has 0 amide bonds. The zero-order valence-electron chi connectivity index (χ0n) is 11.1. The molecule has 0 aliphatic rings. The van der Waals surface area contributed by atoms with Crippen LogP contribution in [0.5, 0.6) is 0 Å². The van der Waals surface area contributed by atoms with Crippen LogP contribution >= 0.6 is 0 Å². The summed E-state index contributed by atoms with van der Waals surface area (Å²) >= 11 is 0. The van der Waals surface area contributed by atoms with Gasteiger partial charge in [0.05, 0.1) is 0 Å². The molecule has 2 aromatic rings. The van der Waals surface area contributed by atoms with Crippen LogP contribution < -0.4 is 0 Å². The molecule has 0 atom stereocenters. The van der Waals surface area contributed by atoms with Crippen LogP contribution in [0.2, 0.25) is 0 Å². The minimum absolute atomic E-state index is 1.03. The molecule has 0 aliphatic heterocycles. The van der Waals surface area contributed by atoms with Crippen LogP contribution in [0.3, 0.4) is 0 Å². The summed E-state index contributed by atoms with van der Waals surface area (Å²) in [6.07, 6.45) is 7.79. The van der Waals surface area contributed by atoms with E-state index in [4.69, 9.17) is 0 Å². The fraction of sp³-hybridized carbons (Fsp3) is 0.353. The standard InChI is InChI=1S/C17H21N/c1-2-3-7-16-11-13-17(18-14-16)12-10-15-8-5-4-6-9-15/h4-6,8-9,11,13-14H,2-3,7,10,12H2,1H3. The highest BCUT2D eigenvalue weighted by molar-refractivity contribution is 5.18. The van der Waals surface area contributed by atoms with Crippen LogP contribution in [-0.4, -0.2) is 4.98 Å². The number of unbranched alkanes of at least 4 members (excludes halogenated alkanes) is 1. The minimum atomic E-state index is 1.03. The molecule has 1 nitrogen and oxygen atoms in total. The monoisotopic (exact) mass is 239 g/mol. The fourth-order valence-electron chi connectivity index (χ4n) is 2.05. The van der Waals surface area contributed by atoms with Crippen molar-refractivity contribution in [3.8, 4) is 0 Å². The number of hydrogen-bond donors (Lipinski definition) is 0. The summed E-state index contributed by atoms with van der Waals surface area (Å²) in [6, 6.07) is 15.0. The van der Waals surface area contributed by atoms with E-state index in [0.29, 0.717) is 0 Å². The Morgan fingerprint density at radius 3 is 2.33 bits per heavy atom. The lowest BCUT2D eigenvalue weighted by atomic mass is 10.1. The molecular weight excluding hydrogens is 218 g/mol. The van der Waals surface area contributed by atoms with Gasteiger partial charge in [0.15, 0.2) is 0 Å². The van der Waals surface area contributed by atoms with Crippen molar-refractivity contribution >= 4 is 0 Å². The van der Waals surface area contributed by atoms with E-state index in [9.17, 15) is 0 Å². The first kappa shape index (κ1) is 12.8. The summed E-state index contributed by atoms with van der Waals surface area (Å²) in [4.78, 5) is 4.55. The summed E-state index contributed by atoms with van der Waals surface area (Å²) in [5.41, 5.74) is 3.94. The van der Waals surface area contributed by atoms with Crippen molar-refractivity contribution in [3.63, 3.8) is 0 Å². The number of aryl methyl sites for hydroxylation is 3. The molecule has 0 saturated carbocycles. The average Bonchev–Trinajstić information content (AvgIpc) is 2.45. The number of benzene rings is 1. The zero-order valence-corrected chi connectivity index (χ0v) is 11.1. The van der Waals surface area contributed by atoms with Crippen LogP contribution in [0.15, 0.2) is 48.7 Å². The normalized spacial score (nSPS) is 10.5. The summed E-state index contributed by atoms with van der Waals surface area (Å²) in [5.74, 6) is 0. The minimum Gasteiger partial charge on any atom is -0.261 e. The molecule has 0 spiro atoms. The first-order valence-corrected chi connectivity index (χ1v) is 6.86. The predicted molar refractivity (Wildman–Crippen MR) is 76.7 cm³/mol. The average molecular weight is 239 g/mol. The predicted octanol–water partition coefficient (Wildman–Crippen LogP) is 4.21. The smallest absolute Gasteiger partial charge is 0.0407 e. The van der Waals surface area contributed by atoms with Gasteiger partial charge in [0.25, 0.3) is 0 Å².